The summed E-state index contributed by atoms with van der Waals surface area (Å²) in [5, 5.41) is 20.0. The monoisotopic (exact) mass is 489 g/mol. The average Bonchev–Trinajstić information content (AvgIpc) is 3.54. The molecule has 1 amide bonds. The number of aliphatic carboxylic acids is 1. The van der Waals surface area contributed by atoms with Gasteiger partial charge in [0.2, 0.25) is 0 Å². The molecule has 0 saturated heterocycles. The molecule has 0 aromatic carbocycles. The van der Waals surface area contributed by atoms with Crippen LogP contribution in [0.5, 0.6) is 5.75 Å². The van der Waals surface area contributed by atoms with Crippen molar-refractivity contribution in [3.8, 4) is 17.1 Å². The Kier molecular flexibility index (Phi) is 7.23. The molecular weight excluding hydrogens is 457 g/mol. The molecule has 0 spiro atoms. The lowest BCUT2D eigenvalue weighted by molar-refractivity contribution is -0.143. The first-order chi connectivity index (χ1) is 16.7. The molecule has 2 fully saturated rings. The van der Waals surface area contributed by atoms with Crippen LogP contribution >= 0.6 is 0 Å². The summed E-state index contributed by atoms with van der Waals surface area (Å²) in [5.74, 6) is -1.65. The highest BCUT2D eigenvalue weighted by Crippen LogP contribution is 2.48. The number of carbonyl (C=O) groups excluding carboxylic acids is 1. The van der Waals surface area contributed by atoms with Gasteiger partial charge in [0.15, 0.2) is 5.82 Å². The first kappa shape index (κ1) is 24.9. The fraction of sp³-hybridized carbons (Fsp3) is 0.625. The number of amides is 1. The highest BCUT2D eigenvalue weighted by molar-refractivity contribution is 5.70. The molecule has 0 aliphatic heterocycles. The summed E-state index contributed by atoms with van der Waals surface area (Å²) in [5.41, 5.74) is 1.28. The number of ether oxygens (including phenoxy) is 2. The van der Waals surface area contributed by atoms with Crippen LogP contribution in [0, 0.1) is 24.1 Å². The Hall–Kier alpha value is -3.24. The summed E-state index contributed by atoms with van der Waals surface area (Å²) < 4.78 is 27.9. The summed E-state index contributed by atoms with van der Waals surface area (Å²) in [4.78, 5) is 27.9. The van der Waals surface area contributed by atoms with Gasteiger partial charge < -0.3 is 19.9 Å². The van der Waals surface area contributed by atoms with Crippen LogP contribution in [0.2, 0.25) is 0 Å². The zero-order valence-electron chi connectivity index (χ0n) is 20.3. The summed E-state index contributed by atoms with van der Waals surface area (Å²) in [7, 11) is 1.65. The Bertz CT molecular complexity index is 1100. The number of aromatic nitrogens is 4. The molecule has 0 radical (unpaired) electrons. The molecule has 2 aromatic rings. The van der Waals surface area contributed by atoms with Gasteiger partial charge in [0.1, 0.15) is 17.1 Å². The van der Waals surface area contributed by atoms with Crippen molar-refractivity contribution in [2.24, 2.45) is 18.4 Å². The van der Waals surface area contributed by atoms with Crippen molar-refractivity contribution in [2.45, 2.75) is 71.4 Å². The van der Waals surface area contributed by atoms with Crippen LogP contribution in [0.25, 0.3) is 11.4 Å². The lowest BCUT2D eigenvalue weighted by Crippen LogP contribution is -2.29. The van der Waals surface area contributed by atoms with E-state index in [-0.39, 0.29) is 35.2 Å². The molecule has 2 aromatic heterocycles. The number of hydrogen-bond donors (Lipinski definition) is 2. The number of alkyl carbamates (subject to hydrolysis) is 1. The number of nitrogens with one attached hydrogen (secondary N) is 1. The van der Waals surface area contributed by atoms with Gasteiger partial charge in [-0.1, -0.05) is 12.1 Å². The van der Waals surface area contributed by atoms with Crippen LogP contribution in [-0.2, 0) is 23.1 Å². The van der Waals surface area contributed by atoms with Gasteiger partial charge >= 0.3 is 12.1 Å². The summed E-state index contributed by atoms with van der Waals surface area (Å²) >= 11 is 0. The molecule has 0 bridgehead atoms. The second-order valence-electron chi connectivity index (χ2n) is 9.64. The zero-order valence-corrected chi connectivity index (χ0v) is 20.3. The van der Waals surface area contributed by atoms with Crippen molar-refractivity contribution >= 4 is 12.1 Å². The minimum absolute atomic E-state index is 0.00286. The molecule has 2 N–H and O–H groups in total. The number of pyridine rings is 1. The molecule has 35 heavy (non-hydrogen) atoms. The fourth-order valence-corrected chi connectivity index (χ4v) is 4.47. The molecule has 2 saturated carbocycles. The van der Waals surface area contributed by atoms with Crippen molar-refractivity contribution in [1.29, 1.82) is 0 Å². The predicted molar refractivity (Wildman–Crippen MR) is 123 cm³/mol. The van der Waals surface area contributed by atoms with E-state index < -0.39 is 23.8 Å². The van der Waals surface area contributed by atoms with Crippen molar-refractivity contribution in [3.05, 3.63) is 23.3 Å². The smallest absolute Gasteiger partial charge is 0.407 e. The Labute approximate surface area is 203 Å². The van der Waals surface area contributed by atoms with Crippen LogP contribution in [0.15, 0.2) is 6.07 Å². The summed E-state index contributed by atoms with van der Waals surface area (Å²) in [6.45, 7) is 4.22. The van der Waals surface area contributed by atoms with E-state index in [9.17, 15) is 14.7 Å². The average molecular weight is 490 g/mol. The summed E-state index contributed by atoms with van der Waals surface area (Å²) in [6.07, 6.45) is 4.71. The molecule has 2 atom stereocenters. The second-order valence-corrected chi connectivity index (χ2v) is 9.64. The third kappa shape index (κ3) is 5.71. The van der Waals surface area contributed by atoms with Gasteiger partial charge in [-0.05, 0) is 51.9 Å². The van der Waals surface area contributed by atoms with Gasteiger partial charge in [-0.3, -0.25) is 4.79 Å². The maximum absolute atomic E-state index is 15.1. The van der Waals surface area contributed by atoms with Crippen molar-refractivity contribution in [1.82, 2.24) is 25.3 Å². The number of carboxylic acid groups (broad SMARTS) is 1. The highest BCUT2D eigenvalue weighted by atomic mass is 19.1. The molecule has 2 aliphatic rings. The maximum Gasteiger partial charge on any atom is 0.407 e. The third-order valence-corrected chi connectivity index (χ3v) is 7.17. The van der Waals surface area contributed by atoms with E-state index >= 15 is 4.39 Å². The van der Waals surface area contributed by atoms with Gasteiger partial charge in [0, 0.05) is 18.5 Å². The third-order valence-electron chi connectivity index (χ3n) is 7.17. The highest BCUT2D eigenvalue weighted by Gasteiger charge is 2.42. The quantitative estimate of drug-likeness (QED) is 0.545. The Morgan fingerprint density at radius 2 is 2.09 bits per heavy atom. The lowest BCUT2D eigenvalue weighted by atomic mass is 9.87. The maximum atomic E-state index is 15.1. The Morgan fingerprint density at radius 3 is 2.77 bits per heavy atom. The van der Waals surface area contributed by atoms with E-state index in [2.05, 4.69) is 27.5 Å². The molecule has 0 unspecified atom stereocenters. The number of carbonyl (C=O) groups is 2. The number of hydrogen-bond acceptors (Lipinski definition) is 7. The fourth-order valence-electron chi connectivity index (χ4n) is 4.47. The van der Waals surface area contributed by atoms with Crippen LogP contribution in [0.4, 0.5) is 9.18 Å². The second kappa shape index (κ2) is 10.2. The van der Waals surface area contributed by atoms with Crippen LogP contribution in [0.3, 0.4) is 0 Å². The minimum Gasteiger partial charge on any atom is -0.488 e. The number of aryl methyl sites for hydroxylation is 2. The Morgan fingerprint density at radius 1 is 1.31 bits per heavy atom. The summed E-state index contributed by atoms with van der Waals surface area (Å²) in [6, 6.07) is 1.25. The molecule has 11 heteroatoms. The number of carboxylic acids is 1. The topological polar surface area (TPSA) is 128 Å². The van der Waals surface area contributed by atoms with E-state index in [1.807, 2.05) is 0 Å². The van der Waals surface area contributed by atoms with Gasteiger partial charge in [0.05, 0.1) is 36.6 Å². The molecule has 2 heterocycles. The van der Waals surface area contributed by atoms with Crippen molar-refractivity contribution in [2.75, 3.05) is 6.61 Å². The number of rotatable bonds is 9. The van der Waals surface area contributed by atoms with Crippen LogP contribution in [-0.4, -0.2) is 49.9 Å². The largest absolute Gasteiger partial charge is 0.488 e. The SMILES string of the molecule is CCC1(COC(=O)NCc2c(-c3nc(C)c(O[C@H]4CCC[C@H](C(=O)O)C4)cc3F)nnn2C)CC1. The normalized spacial score (nSPS) is 20.8. The number of halogens is 1. The molecule has 2 aliphatic carbocycles. The van der Waals surface area contributed by atoms with E-state index in [4.69, 9.17) is 9.47 Å². The lowest BCUT2D eigenvalue weighted by Gasteiger charge is -2.27. The van der Waals surface area contributed by atoms with E-state index in [1.165, 1.54) is 10.7 Å². The molecular formula is C24H32FN5O5. The zero-order chi connectivity index (χ0) is 25.2. The molecule has 190 valence electrons. The van der Waals surface area contributed by atoms with Gasteiger partial charge in [-0.15, -0.1) is 5.10 Å². The minimum atomic E-state index is -0.834. The molecule has 4 rings (SSSR count). The molecule has 10 nitrogen and oxygen atoms in total. The van der Waals surface area contributed by atoms with Crippen molar-refractivity contribution in [3.63, 3.8) is 0 Å². The van der Waals surface area contributed by atoms with Crippen molar-refractivity contribution < 1.29 is 28.6 Å². The first-order valence-corrected chi connectivity index (χ1v) is 12.1. The Balaban J connectivity index is 1.44. The standard InChI is InChI=1S/C24H32FN5O5/c1-4-24(8-9-24)13-34-23(33)26-12-18-21(28-29-30(18)3)20-17(25)11-19(14(2)27-20)35-16-7-5-6-15(10-16)22(31)32/h11,15-16H,4-10,12-13H2,1-3H3,(H,26,33)(H,31,32)/t15-,16-/m0/s1. The van der Waals surface area contributed by atoms with Gasteiger partial charge in [-0.25, -0.2) is 18.9 Å². The predicted octanol–water partition coefficient (Wildman–Crippen LogP) is 3.76. The van der Waals surface area contributed by atoms with E-state index in [1.54, 1.807) is 14.0 Å². The van der Waals surface area contributed by atoms with Crippen LogP contribution < -0.4 is 10.1 Å². The van der Waals surface area contributed by atoms with Gasteiger partial charge in [0.25, 0.3) is 0 Å². The number of nitrogens with zero attached hydrogens (tertiary/aromatic N) is 4. The van der Waals surface area contributed by atoms with Gasteiger partial charge in [-0.2, -0.15) is 0 Å². The first-order valence-electron chi connectivity index (χ1n) is 12.1. The van der Waals surface area contributed by atoms with E-state index in [0.29, 0.717) is 37.3 Å². The van der Waals surface area contributed by atoms with E-state index in [0.717, 1.165) is 25.7 Å². The van der Waals surface area contributed by atoms with Crippen LogP contribution in [0.1, 0.15) is 63.3 Å².